The molecule has 1 N–H and O–H groups in total. The number of carbonyl (C=O) groups is 1. The van der Waals surface area contributed by atoms with Crippen molar-refractivity contribution in [1.82, 2.24) is 5.16 Å². The van der Waals surface area contributed by atoms with E-state index >= 15 is 0 Å². The van der Waals surface area contributed by atoms with Gasteiger partial charge in [-0.1, -0.05) is 42.4 Å². The van der Waals surface area contributed by atoms with Crippen LogP contribution in [0.25, 0.3) is 0 Å². The van der Waals surface area contributed by atoms with Crippen LogP contribution in [0.15, 0.2) is 34.9 Å². The highest BCUT2D eigenvalue weighted by Crippen LogP contribution is 2.20. The third-order valence-electron chi connectivity index (χ3n) is 3.21. The Kier molecular flexibility index (Phi) is 4.00. The zero-order chi connectivity index (χ0) is 13.8. The van der Waals surface area contributed by atoms with Gasteiger partial charge in [0.15, 0.2) is 0 Å². The number of aromatic nitrogens is 1. The van der Waals surface area contributed by atoms with E-state index in [1.165, 1.54) is 0 Å². The minimum atomic E-state index is -0.800. The van der Waals surface area contributed by atoms with Crippen LogP contribution in [-0.4, -0.2) is 16.2 Å². The molecule has 0 fully saturated rings. The molecule has 2 aromatic rings. The van der Waals surface area contributed by atoms with Gasteiger partial charge in [-0.2, -0.15) is 0 Å². The van der Waals surface area contributed by atoms with Gasteiger partial charge in [0.1, 0.15) is 5.76 Å². The van der Waals surface area contributed by atoms with Gasteiger partial charge >= 0.3 is 5.97 Å². The van der Waals surface area contributed by atoms with Crippen LogP contribution in [0.1, 0.15) is 29.5 Å². The smallest absolute Gasteiger partial charge is 0.306 e. The highest BCUT2D eigenvalue weighted by atomic mass is 16.5. The summed E-state index contributed by atoms with van der Waals surface area (Å²) >= 11 is 0. The molecule has 1 unspecified atom stereocenters. The first-order chi connectivity index (χ1) is 9.08. The van der Waals surface area contributed by atoms with Gasteiger partial charge in [-0.25, -0.2) is 0 Å². The van der Waals surface area contributed by atoms with E-state index < -0.39 is 11.9 Å². The third kappa shape index (κ3) is 3.22. The summed E-state index contributed by atoms with van der Waals surface area (Å²) in [6.07, 6.45) is 1.12. The summed E-state index contributed by atoms with van der Waals surface area (Å²) < 4.78 is 5.21. The first-order valence-corrected chi connectivity index (χ1v) is 6.28. The molecule has 0 aliphatic heterocycles. The Morgan fingerprint density at radius 2 is 2.05 bits per heavy atom. The molecule has 0 spiro atoms. The summed E-state index contributed by atoms with van der Waals surface area (Å²) in [7, 11) is 0. The number of hydrogen-bond acceptors (Lipinski definition) is 3. The molecule has 0 saturated carbocycles. The normalized spacial score (nSPS) is 12.3. The Labute approximate surface area is 112 Å². The molecule has 100 valence electrons. The van der Waals surface area contributed by atoms with Gasteiger partial charge in [-0.3, -0.25) is 4.79 Å². The molecule has 1 aromatic heterocycles. The van der Waals surface area contributed by atoms with Crippen LogP contribution in [0, 0.1) is 12.8 Å². The lowest BCUT2D eigenvalue weighted by Gasteiger charge is -2.06. The predicted molar refractivity (Wildman–Crippen MR) is 71.0 cm³/mol. The second-order valence-electron chi connectivity index (χ2n) is 4.77. The average molecular weight is 259 g/mol. The summed E-state index contributed by atoms with van der Waals surface area (Å²) in [5, 5.41) is 13.1. The van der Waals surface area contributed by atoms with Gasteiger partial charge in [-0.05, 0) is 18.9 Å². The molecule has 4 heteroatoms. The summed E-state index contributed by atoms with van der Waals surface area (Å²) in [4.78, 5) is 11.0. The number of nitrogens with zero attached hydrogens (tertiary/aromatic N) is 1. The van der Waals surface area contributed by atoms with E-state index in [4.69, 9.17) is 9.63 Å². The van der Waals surface area contributed by atoms with Gasteiger partial charge in [0, 0.05) is 12.0 Å². The second kappa shape index (κ2) is 5.69. The minimum Gasteiger partial charge on any atom is -0.481 e. The molecule has 1 heterocycles. The molecule has 1 aromatic carbocycles. The van der Waals surface area contributed by atoms with Crippen LogP contribution in [0.5, 0.6) is 0 Å². The Hall–Kier alpha value is -2.10. The van der Waals surface area contributed by atoms with E-state index in [-0.39, 0.29) is 0 Å². The van der Waals surface area contributed by atoms with E-state index in [1.54, 1.807) is 6.92 Å². The largest absolute Gasteiger partial charge is 0.481 e. The highest BCUT2D eigenvalue weighted by Gasteiger charge is 2.19. The van der Waals surface area contributed by atoms with Crippen LogP contribution < -0.4 is 0 Å². The molecule has 0 radical (unpaired) electrons. The predicted octanol–water partition coefficient (Wildman–Crippen LogP) is 2.84. The van der Waals surface area contributed by atoms with E-state index in [1.807, 2.05) is 37.3 Å². The van der Waals surface area contributed by atoms with Crippen molar-refractivity contribution in [2.45, 2.75) is 26.7 Å². The Morgan fingerprint density at radius 1 is 1.37 bits per heavy atom. The molecule has 4 nitrogen and oxygen atoms in total. The number of benzene rings is 1. The van der Waals surface area contributed by atoms with Gasteiger partial charge in [0.25, 0.3) is 0 Å². The third-order valence-corrected chi connectivity index (χ3v) is 3.21. The maximum atomic E-state index is 11.0. The van der Waals surface area contributed by atoms with Crippen molar-refractivity contribution in [3.8, 4) is 0 Å². The van der Waals surface area contributed by atoms with Crippen LogP contribution in [-0.2, 0) is 17.6 Å². The molecule has 0 amide bonds. The zero-order valence-corrected chi connectivity index (χ0v) is 11.1. The lowest BCUT2D eigenvalue weighted by molar-refractivity contribution is -0.141. The van der Waals surface area contributed by atoms with E-state index in [0.29, 0.717) is 18.6 Å². The molecule has 2 rings (SSSR count). The second-order valence-corrected chi connectivity index (χ2v) is 4.77. The maximum Gasteiger partial charge on any atom is 0.306 e. The molecular weight excluding hydrogens is 242 g/mol. The Morgan fingerprint density at radius 3 is 2.68 bits per heavy atom. The van der Waals surface area contributed by atoms with Crippen molar-refractivity contribution in [3.05, 3.63) is 52.9 Å². The van der Waals surface area contributed by atoms with Gasteiger partial charge in [-0.15, -0.1) is 0 Å². The van der Waals surface area contributed by atoms with Crippen molar-refractivity contribution >= 4 is 5.97 Å². The number of carboxylic acid groups (broad SMARTS) is 1. The lowest BCUT2D eigenvalue weighted by atomic mass is 9.97. The number of rotatable bonds is 5. The maximum absolute atomic E-state index is 11.0. The molecule has 1 atom stereocenters. The molecular formula is C15H17NO3. The van der Waals surface area contributed by atoms with Crippen molar-refractivity contribution in [2.24, 2.45) is 5.92 Å². The van der Waals surface area contributed by atoms with Gasteiger partial charge < -0.3 is 9.63 Å². The fraction of sp³-hybridized carbons (Fsp3) is 0.333. The number of carboxylic acids is 1. The van der Waals surface area contributed by atoms with E-state index in [0.717, 1.165) is 16.8 Å². The topological polar surface area (TPSA) is 63.3 Å². The molecule has 0 saturated heterocycles. The summed E-state index contributed by atoms with van der Waals surface area (Å²) in [6.45, 7) is 3.52. The van der Waals surface area contributed by atoms with E-state index in [9.17, 15) is 4.79 Å². The quantitative estimate of drug-likeness (QED) is 0.896. The highest BCUT2D eigenvalue weighted by molar-refractivity contribution is 5.70. The zero-order valence-electron chi connectivity index (χ0n) is 11.1. The summed E-state index contributed by atoms with van der Waals surface area (Å²) in [5.74, 6) is -0.530. The fourth-order valence-electron chi connectivity index (χ4n) is 2.02. The van der Waals surface area contributed by atoms with Gasteiger partial charge in [0.05, 0.1) is 11.6 Å². The number of aliphatic carboxylic acids is 1. The van der Waals surface area contributed by atoms with Crippen molar-refractivity contribution in [2.75, 3.05) is 0 Å². The molecule has 0 aliphatic rings. The minimum absolute atomic E-state index is 0.437. The monoisotopic (exact) mass is 259 g/mol. The average Bonchev–Trinajstić information content (AvgIpc) is 2.72. The van der Waals surface area contributed by atoms with E-state index in [2.05, 4.69) is 5.16 Å². The first kappa shape index (κ1) is 13.3. The number of hydrogen-bond donors (Lipinski definition) is 1. The summed E-state index contributed by atoms with van der Waals surface area (Å²) in [6, 6.07) is 9.96. The first-order valence-electron chi connectivity index (χ1n) is 6.28. The van der Waals surface area contributed by atoms with Crippen LogP contribution in [0.3, 0.4) is 0 Å². The van der Waals surface area contributed by atoms with Crippen molar-refractivity contribution in [3.63, 3.8) is 0 Å². The summed E-state index contributed by atoms with van der Waals surface area (Å²) in [5.41, 5.74) is 2.88. The van der Waals surface area contributed by atoms with Crippen molar-refractivity contribution < 1.29 is 14.4 Å². The van der Waals surface area contributed by atoms with Gasteiger partial charge in [0.2, 0.25) is 0 Å². The standard InChI is InChI=1S/C15H17NO3/c1-10(15(17)18)8-13-11(2)19-16-14(13)9-12-6-4-3-5-7-12/h3-7,10H,8-9H2,1-2H3,(H,17,18). The SMILES string of the molecule is Cc1onc(Cc2ccccc2)c1CC(C)C(=O)O. The van der Waals surface area contributed by atoms with Crippen molar-refractivity contribution in [1.29, 1.82) is 0 Å². The molecule has 0 bridgehead atoms. The van der Waals surface area contributed by atoms with Crippen LogP contribution >= 0.6 is 0 Å². The van der Waals surface area contributed by atoms with Crippen LogP contribution in [0.2, 0.25) is 0 Å². The number of aryl methyl sites for hydroxylation is 1. The molecule has 19 heavy (non-hydrogen) atoms. The Bertz CT molecular complexity index is 560. The molecule has 0 aliphatic carbocycles. The van der Waals surface area contributed by atoms with Crippen LogP contribution in [0.4, 0.5) is 0 Å². The Balaban J connectivity index is 2.20. The fourth-order valence-corrected chi connectivity index (χ4v) is 2.02. The lowest BCUT2D eigenvalue weighted by Crippen LogP contribution is -2.13.